The molecular weight excluding hydrogens is 284 g/mol. The fourth-order valence-electron chi connectivity index (χ4n) is 1.90. The summed E-state index contributed by atoms with van der Waals surface area (Å²) in [5.74, 6) is 1.02. The maximum Gasteiger partial charge on any atom is 0.103 e. The van der Waals surface area contributed by atoms with Crippen LogP contribution in [0.25, 0.3) is 11.3 Å². The minimum absolute atomic E-state index is 0.701. The lowest BCUT2D eigenvalue weighted by molar-refractivity contribution is 0.831. The highest BCUT2D eigenvalue weighted by molar-refractivity contribution is 7.99. The fraction of sp³-hybridized carbons (Fsp3) is 0.438. The van der Waals surface area contributed by atoms with E-state index in [0.29, 0.717) is 5.25 Å². The summed E-state index contributed by atoms with van der Waals surface area (Å²) in [6, 6.07) is 10.5. The Morgan fingerprint density at radius 3 is 2.70 bits per heavy atom. The van der Waals surface area contributed by atoms with Gasteiger partial charge in [-0.1, -0.05) is 44.2 Å². The van der Waals surface area contributed by atoms with Crippen LogP contribution in [0.2, 0.25) is 0 Å². The first kappa shape index (κ1) is 15.5. The Balaban J connectivity index is 2.20. The topological polar surface area (TPSA) is 24.9 Å². The number of nitrogens with one attached hydrogen (secondary N) is 1. The second-order valence-electron chi connectivity index (χ2n) is 4.81. The zero-order chi connectivity index (χ0) is 14.4. The van der Waals surface area contributed by atoms with Crippen LogP contribution in [0.15, 0.2) is 30.3 Å². The molecule has 0 fully saturated rings. The van der Waals surface area contributed by atoms with E-state index in [9.17, 15) is 0 Å². The minimum atomic E-state index is 0.701. The van der Waals surface area contributed by atoms with Crippen molar-refractivity contribution in [3.63, 3.8) is 0 Å². The van der Waals surface area contributed by atoms with E-state index in [1.165, 1.54) is 21.9 Å². The number of rotatable bonds is 7. The van der Waals surface area contributed by atoms with Gasteiger partial charge in [-0.15, -0.1) is 11.3 Å². The molecular formula is C16H22N2S2. The third-order valence-electron chi connectivity index (χ3n) is 3.19. The van der Waals surface area contributed by atoms with Crippen molar-refractivity contribution in [3.05, 3.63) is 40.2 Å². The van der Waals surface area contributed by atoms with Crippen molar-refractivity contribution < 1.29 is 0 Å². The quantitative estimate of drug-likeness (QED) is 0.811. The van der Waals surface area contributed by atoms with Gasteiger partial charge in [0.1, 0.15) is 5.01 Å². The van der Waals surface area contributed by atoms with Gasteiger partial charge >= 0.3 is 0 Å². The third-order valence-corrected chi connectivity index (χ3v) is 5.77. The van der Waals surface area contributed by atoms with Gasteiger partial charge in [0, 0.05) is 28.0 Å². The first-order valence-corrected chi connectivity index (χ1v) is 8.91. The summed E-state index contributed by atoms with van der Waals surface area (Å²) in [4.78, 5) is 6.19. The van der Waals surface area contributed by atoms with E-state index < -0.39 is 0 Å². The number of benzene rings is 1. The fourth-order valence-corrected chi connectivity index (χ4v) is 3.96. The lowest BCUT2D eigenvalue weighted by Gasteiger charge is -2.05. The Bertz CT molecular complexity index is 523. The smallest absolute Gasteiger partial charge is 0.103 e. The molecule has 0 aliphatic carbocycles. The van der Waals surface area contributed by atoms with E-state index >= 15 is 0 Å². The van der Waals surface area contributed by atoms with Crippen LogP contribution < -0.4 is 5.32 Å². The van der Waals surface area contributed by atoms with Crippen LogP contribution in [0.4, 0.5) is 0 Å². The molecule has 0 radical (unpaired) electrons. The largest absolute Gasteiger partial charge is 0.315 e. The average Bonchev–Trinajstić information content (AvgIpc) is 2.89. The molecule has 1 atom stereocenters. The van der Waals surface area contributed by atoms with E-state index in [2.05, 4.69) is 43.4 Å². The molecule has 1 N–H and O–H groups in total. The van der Waals surface area contributed by atoms with Gasteiger partial charge in [-0.3, -0.25) is 0 Å². The maximum absolute atomic E-state index is 4.86. The van der Waals surface area contributed by atoms with Gasteiger partial charge < -0.3 is 5.32 Å². The van der Waals surface area contributed by atoms with Gasteiger partial charge in [0.15, 0.2) is 0 Å². The van der Waals surface area contributed by atoms with Gasteiger partial charge in [0.25, 0.3) is 0 Å². The Kier molecular flexibility index (Phi) is 6.07. The highest BCUT2D eigenvalue weighted by Gasteiger charge is 2.13. The normalized spacial score (nSPS) is 12.6. The van der Waals surface area contributed by atoms with Crippen molar-refractivity contribution in [1.82, 2.24) is 10.3 Å². The average molecular weight is 306 g/mol. The van der Waals surface area contributed by atoms with Gasteiger partial charge in [-0.05, 0) is 13.5 Å². The standard InChI is InChI=1S/C16H22N2S2/c1-4-12(2)19-11-15-18-16(14(20-15)10-17-3)13-8-6-5-7-9-13/h5-9,12,17H,4,10-11H2,1-3H3. The Morgan fingerprint density at radius 2 is 2.05 bits per heavy atom. The second-order valence-corrected chi connectivity index (χ2v) is 7.40. The summed E-state index contributed by atoms with van der Waals surface area (Å²) in [5, 5.41) is 5.18. The molecule has 1 unspecified atom stereocenters. The molecule has 0 saturated heterocycles. The van der Waals surface area contributed by atoms with Crippen molar-refractivity contribution >= 4 is 23.1 Å². The molecule has 1 aromatic carbocycles. The molecule has 108 valence electrons. The number of thiazole rings is 1. The van der Waals surface area contributed by atoms with Crippen LogP contribution in [0, 0.1) is 0 Å². The number of thioether (sulfide) groups is 1. The summed E-state index contributed by atoms with van der Waals surface area (Å²) in [5.41, 5.74) is 2.36. The van der Waals surface area contributed by atoms with Gasteiger partial charge in [-0.25, -0.2) is 4.98 Å². The summed E-state index contributed by atoms with van der Waals surface area (Å²) in [6.07, 6.45) is 1.21. The number of aromatic nitrogens is 1. The van der Waals surface area contributed by atoms with Crippen molar-refractivity contribution in [1.29, 1.82) is 0 Å². The molecule has 0 aliphatic rings. The first-order chi connectivity index (χ1) is 9.74. The van der Waals surface area contributed by atoms with Crippen LogP contribution in [0.5, 0.6) is 0 Å². The Labute approximate surface area is 130 Å². The van der Waals surface area contributed by atoms with Crippen LogP contribution >= 0.6 is 23.1 Å². The van der Waals surface area contributed by atoms with E-state index in [0.717, 1.165) is 18.0 Å². The molecule has 2 aromatic rings. The van der Waals surface area contributed by atoms with E-state index in [1.807, 2.05) is 36.2 Å². The third kappa shape index (κ3) is 4.08. The molecule has 0 aliphatic heterocycles. The van der Waals surface area contributed by atoms with Crippen LogP contribution in [0.3, 0.4) is 0 Å². The lowest BCUT2D eigenvalue weighted by Crippen LogP contribution is -2.04. The lowest BCUT2D eigenvalue weighted by atomic mass is 10.1. The number of nitrogens with zero attached hydrogens (tertiary/aromatic N) is 1. The van der Waals surface area contributed by atoms with Crippen molar-refractivity contribution in [2.75, 3.05) is 7.05 Å². The molecule has 4 heteroatoms. The van der Waals surface area contributed by atoms with Crippen LogP contribution in [-0.2, 0) is 12.3 Å². The molecule has 0 saturated carbocycles. The summed E-state index contributed by atoms with van der Waals surface area (Å²) in [7, 11) is 1.99. The molecule has 0 spiro atoms. The predicted molar refractivity (Wildman–Crippen MR) is 91.4 cm³/mol. The first-order valence-electron chi connectivity index (χ1n) is 7.04. The molecule has 0 amide bonds. The monoisotopic (exact) mass is 306 g/mol. The Morgan fingerprint density at radius 1 is 1.30 bits per heavy atom. The molecule has 1 heterocycles. The minimum Gasteiger partial charge on any atom is -0.315 e. The highest BCUT2D eigenvalue weighted by Crippen LogP contribution is 2.31. The van der Waals surface area contributed by atoms with Crippen LogP contribution in [0.1, 0.15) is 30.2 Å². The summed E-state index contributed by atoms with van der Waals surface area (Å²) < 4.78 is 0. The molecule has 0 bridgehead atoms. The highest BCUT2D eigenvalue weighted by atomic mass is 32.2. The van der Waals surface area contributed by atoms with Crippen molar-refractivity contribution in [2.45, 2.75) is 37.8 Å². The molecule has 1 aromatic heterocycles. The summed E-state index contributed by atoms with van der Waals surface area (Å²) in [6.45, 7) is 5.40. The van der Waals surface area contributed by atoms with E-state index in [-0.39, 0.29) is 0 Å². The van der Waals surface area contributed by atoms with Gasteiger partial charge in [0.2, 0.25) is 0 Å². The summed E-state index contributed by atoms with van der Waals surface area (Å²) >= 11 is 3.83. The molecule has 20 heavy (non-hydrogen) atoms. The van der Waals surface area contributed by atoms with Crippen LogP contribution in [-0.4, -0.2) is 17.3 Å². The maximum atomic E-state index is 4.86. The van der Waals surface area contributed by atoms with Crippen molar-refractivity contribution in [3.8, 4) is 11.3 Å². The Hall–Kier alpha value is -0.840. The van der Waals surface area contributed by atoms with Crippen molar-refractivity contribution in [2.24, 2.45) is 0 Å². The molecule has 2 nitrogen and oxygen atoms in total. The SMILES string of the molecule is CCC(C)SCc1nc(-c2ccccc2)c(CNC)s1. The van der Waals surface area contributed by atoms with Gasteiger partial charge in [-0.2, -0.15) is 11.8 Å². The zero-order valence-corrected chi connectivity index (χ0v) is 14.0. The van der Waals surface area contributed by atoms with E-state index in [1.54, 1.807) is 0 Å². The van der Waals surface area contributed by atoms with Gasteiger partial charge in [0.05, 0.1) is 5.69 Å². The molecule has 2 rings (SSSR count). The second kappa shape index (κ2) is 7.81. The van der Waals surface area contributed by atoms with E-state index in [4.69, 9.17) is 4.98 Å². The predicted octanol–water partition coefficient (Wildman–Crippen LogP) is 4.56. The zero-order valence-electron chi connectivity index (χ0n) is 12.3. The number of hydrogen-bond acceptors (Lipinski definition) is 4. The number of hydrogen-bond donors (Lipinski definition) is 1.